The lowest BCUT2D eigenvalue weighted by atomic mass is 10.0. The molecular weight excluding hydrogens is 433 g/mol. The van der Waals surface area contributed by atoms with Crippen LogP contribution in [-0.2, 0) is 6.18 Å². The van der Waals surface area contributed by atoms with Crippen LogP contribution in [0.5, 0.6) is 0 Å². The number of imidazole rings is 1. The Labute approximate surface area is 188 Å². The van der Waals surface area contributed by atoms with Gasteiger partial charge in [-0.15, -0.1) is 0 Å². The summed E-state index contributed by atoms with van der Waals surface area (Å²) in [4.78, 5) is 12.2. The molecule has 0 fully saturated rings. The number of aromatic amines is 1. The van der Waals surface area contributed by atoms with E-state index in [0.29, 0.717) is 27.9 Å². The fourth-order valence-electron chi connectivity index (χ4n) is 3.42. The SMILES string of the molecule is CSc1nc(-c2cccc(C(F)(F)F)c2)c(-c2ccnc(NC(C)c3ccccc3)c2)[nH]1. The molecule has 4 rings (SSSR count). The molecule has 0 saturated heterocycles. The second-order valence-corrected chi connectivity index (χ2v) is 8.05. The molecule has 0 aliphatic rings. The molecule has 0 bridgehead atoms. The van der Waals surface area contributed by atoms with Crippen molar-refractivity contribution in [1.82, 2.24) is 15.0 Å². The molecule has 0 aliphatic carbocycles. The maximum Gasteiger partial charge on any atom is 0.416 e. The lowest BCUT2D eigenvalue weighted by Gasteiger charge is -2.15. The van der Waals surface area contributed by atoms with Crippen LogP contribution in [0.3, 0.4) is 0 Å². The Balaban J connectivity index is 1.71. The number of alkyl halides is 3. The maximum atomic E-state index is 13.2. The molecule has 32 heavy (non-hydrogen) atoms. The van der Waals surface area contributed by atoms with Crippen molar-refractivity contribution < 1.29 is 13.2 Å². The van der Waals surface area contributed by atoms with E-state index in [1.54, 1.807) is 12.3 Å². The molecule has 0 radical (unpaired) electrons. The standard InChI is InChI=1S/C24H21F3N4S/c1-15(16-7-4-3-5-8-16)29-20-14-18(11-12-28-20)22-21(30-23(31-22)32-2)17-9-6-10-19(13-17)24(25,26)27/h3-15H,1-2H3,(H,28,29)(H,30,31). The lowest BCUT2D eigenvalue weighted by molar-refractivity contribution is -0.137. The van der Waals surface area contributed by atoms with Crippen LogP contribution in [0.2, 0.25) is 0 Å². The predicted molar refractivity (Wildman–Crippen MR) is 123 cm³/mol. The van der Waals surface area contributed by atoms with Crippen LogP contribution in [-0.4, -0.2) is 21.2 Å². The van der Waals surface area contributed by atoms with Crippen molar-refractivity contribution in [2.24, 2.45) is 0 Å². The molecule has 164 valence electrons. The average molecular weight is 455 g/mol. The summed E-state index contributed by atoms with van der Waals surface area (Å²) < 4.78 is 39.7. The van der Waals surface area contributed by atoms with E-state index in [4.69, 9.17) is 0 Å². The number of hydrogen-bond donors (Lipinski definition) is 2. The van der Waals surface area contributed by atoms with Gasteiger partial charge in [-0.1, -0.05) is 54.2 Å². The monoisotopic (exact) mass is 454 g/mol. The largest absolute Gasteiger partial charge is 0.416 e. The Kier molecular flexibility index (Phi) is 6.23. The van der Waals surface area contributed by atoms with Crippen LogP contribution in [0.4, 0.5) is 19.0 Å². The van der Waals surface area contributed by atoms with Crippen LogP contribution in [0.25, 0.3) is 22.5 Å². The summed E-state index contributed by atoms with van der Waals surface area (Å²) in [5, 5.41) is 4.00. The van der Waals surface area contributed by atoms with E-state index in [1.165, 1.54) is 17.8 Å². The minimum Gasteiger partial charge on any atom is -0.364 e. The van der Waals surface area contributed by atoms with Gasteiger partial charge in [-0.25, -0.2) is 9.97 Å². The fourth-order valence-corrected chi connectivity index (χ4v) is 3.81. The van der Waals surface area contributed by atoms with Crippen molar-refractivity contribution in [2.45, 2.75) is 24.3 Å². The summed E-state index contributed by atoms with van der Waals surface area (Å²) in [6.07, 6.45) is -0.888. The van der Waals surface area contributed by atoms with Crippen molar-refractivity contribution >= 4 is 17.6 Å². The van der Waals surface area contributed by atoms with E-state index < -0.39 is 11.7 Å². The van der Waals surface area contributed by atoms with E-state index in [1.807, 2.05) is 55.6 Å². The summed E-state index contributed by atoms with van der Waals surface area (Å²) in [5.41, 5.74) is 2.71. The molecule has 1 unspecified atom stereocenters. The second-order valence-electron chi connectivity index (χ2n) is 7.25. The first-order chi connectivity index (χ1) is 15.3. The number of hydrogen-bond acceptors (Lipinski definition) is 4. The summed E-state index contributed by atoms with van der Waals surface area (Å²) in [7, 11) is 0. The van der Waals surface area contributed by atoms with Gasteiger partial charge in [0.2, 0.25) is 0 Å². The molecule has 2 heterocycles. The highest BCUT2D eigenvalue weighted by atomic mass is 32.2. The molecule has 2 N–H and O–H groups in total. The molecule has 0 aliphatic heterocycles. The Morgan fingerprint density at radius 2 is 1.75 bits per heavy atom. The first-order valence-corrected chi connectivity index (χ1v) is 11.2. The minimum atomic E-state index is -4.42. The first-order valence-electron chi connectivity index (χ1n) is 9.94. The van der Waals surface area contributed by atoms with E-state index in [2.05, 4.69) is 20.3 Å². The smallest absolute Gasteiger partial charge is 0.364 e. The van der Waals surface area contributed by atoms with Gasteiger partial charge in [-0.3, -0.25) is 0 Å². The van der Waals surface area contributed by atoms with Gasteiger partial charge in [-0.2, -0.15) is 13.2 Å². The Bertz CT molecular complexity index is 1210. The molecule has 0 saturated carbocycles. The van der Waals surface area contributed by atoms with Crippen molar-refractivity contribution in [1.29, 1.82) is 0 Å². The topological polar surface area (TPSA) is 53.6 Å². The third-order valence-electron chi connectivity index (χ3n) is 5.05. The lowest BCUT2D eigenvalue weighted by Crippen LogP contribution is -2.07. The number of H-pyrrole nitrogens is 1. The van der Waals surface area contributed by atoms with E-state index in [9.17, 15) is 13.2 Å². The molecule has 8 heteroatoms. The zero-order valence-corrected chi connectivity index (χ0v) is 18.3. The zero-order chi connectivity index (χ0) is 22.7. The molecule has 4 aromatic rings. The Morgan fingerprint density at radius 3 is 2.47 bits per heavy atom. The van der Waals surface area contributed by atoms with Gasteiger partial charge in [0.15, 0.2) is 5.16 Å². The third kappa shape index (κ3) is 4.80. The van der Waals surface area contributed by atoms with Crippen LogP contribution in [0, 0.1) is 0 Å². The number of rotatable bonds is 6. The zero-order valence-electron chi connectivity index (χ0n) is 17.4. The molecule has 0 amide bonds. The number of aromatic nitrogens is 3. The van der Waals surface area contributed by atoms with Crippen LogP contribution < -0.4 is 5.32 Å². The molecule has 2 aromatic carbocycles. The Hall–Kier alpha value is -3.26. The molecule has 1 atom stereocenters. The summed E-state index contributed by atoms with van der Waals surface area (Å²) in [5.74, 6) is 0.661. The van der Waals surface area contributed by atoms with Gasteiger partial charge in [0.25, 0.3) is 0 Å². The number of nitrogens with zero attached hydrogens (tertiary/aromatic N) is 2. The van der Waals surface area contributed by atoms with Crippen molar-refractivity contribution in [3.63, 3.8) is 0 Å². The fraction of sp³-hybridized carbons (Fsp3) is 0.167. The van der Waals surface area contributed by atoms with E-state index in [0.717, 1.165) is 23.3 Å². The highest BCUT2D eigenvalue weighted by molar-refractivity contribution is 7.98. The highest BCUT2D eigenvalue weighted by Crippen LogP contribution is 2.36. The Morgan fingerprint density at radius 1 is 0.969 bits per heavy atom. The normalized spacial score (nSPS) is 12.5. The van der Waals surface area contributed by atoms with Gasteiger partial charge < -0.3 is 10.3 Å². The average Bonchev–Trinajstić information content (AvgIpc) is 3.24. The number of pyridine rings is 1. The van der Waals surface area contributed by atoms with Gasteiger partial charge in [0.05, 0.1) is 17.0 Å². The van der Waals surface area contributed by atoms with Crippen molar-refractivity contribution in [2.75, 3.05) is 11.6 Å². The first kappa shape index (κ1) is 22.0. The quantitative estimate of drug-likeness (QED) is 0.307. The van der Waals surface area contributed by atoms with Crippen LogP contribution in [0.1, 0.15) is 24.1 Å². The van der Waals surface area contributed by atoms with Crippen LogP contribution >= 0.6 is 11.8 Å². The summed E-state index contributed by atoms with van der Waals surface area (Å²) in [6, 6.07) is 18.9. The van der Waals surface area contributed by atoms with Gasteiger partial charge in [-0.05, 0) is 43.0 Å². The molecule has 2 aromatic heterocycles. The van der Waals surface area contributed by atoms with Crippen LogP contribution in [0.15, 0.2) is 78.1 Å². The van der Waals surface area contributed by atoms with Crippen molar-refractivity contribution in [3.05, 3.63) is 84.1 Å². The number of nitrogens with one attached hydrogen (secondary N) is 2. The van der Waals surface area contributed by atoms with Crippen molar-refractivity contribution in [3.8, 4) is 22.5 Å². The predicted octanol–water partition coefficient (Wildman–Crippen LogP) is 7.05. The maximum absolute atomic E-state index is 13.2. The van der Waals surface area contributed by atoms with Gasteiger partial charge in [0.1, 0.15) is 5.82 Å². The molecular formula is C24H21F3N4S. The number of halogens is 3. The summed E-state index contributed by atoms with van der Waals surface area (Å²) in [6.45, 7) is 2.04. The molecule has 4 nitrogen and oxygen atoms in total. The van der Waals surface area contributed by atoms with E-state index in [-0.39, 0.29) is 6.04 Å². The third-order valence-corrected chi connectivity index (χ3v) is 5.63. The number of anilines is 1. The summed E-state index contributed by atoms with van der Waals surface area (Å²) >= 11 is 1.39. The van der Waals surface area contributed by atoms with Gasteiger partial charge in [0, 0.05) is 23.4 Å². The number of thioether (sulfide) groups is 1. The van der Waals surface area contributed by atoms with Gasteiger partial charge >= 0.3 is 6.18 Å². The minimum absolute atomic E-state index is 0.0328. The van der Waals surface area contributed by atoms with E-state index >= 15 is 0 Å². The second kappa shape index (κ2) is 9.08. The highest BCUT2D eigenvalue weighted by Gasteiger charge is 2.31. The molecule has 0 spiro atoms. The number of benzene rings is 2.